The fourth-order valence-electron chi connectivity index (χ4n) is 1.35. The summed E-state index contributed by atoms with van der Waals surface area (Å²) in [4.78, 5) is 0.826. The van der Waals surface area contributed by atoms with Gasteiger partial charge in [-0.25, -0.2) is 15.4 Å². The van der Waals surface area contributed by atoms with Gasteiger partial charge < -0.3 is 5.11 Å². The smallest absolute Gasteiger partial charge is 0.399 e. The summed E-state index contributed by atoms with van der Waals surface area (Å²) in [5.74, 6) is 0. The van der Waals surface area contributed by atoms with Crippen LogP contribution in [0.5, 0.6) is 0 Å². The molecule has 2 aliphatic rings. The van der Waals surface area contributed by atoms with E-state index in [-0.39, 0.29) is 7.43 Å². The summed E-state index contributed by atoms with van der Waals surface area (Å²) in [6.07, 6.45) is -0.847. The van der Waals surface area contributed by atoms with Crippen molar-refractivity contribution in [2.75, 3.05) is 40.9 Å². The zero-order valence-electron chi connectivity index (χ0n) is 14.3. The molecule has 150 valence electrons. The molecule has 12 nitrogen and oxygen atoms in total. The molecule has 0 aliphatic carbocycles. The lowest BCUT2D eigenvalue weighted by molar-refractivity contribution is -0.462. The number of nitrogens with zero attached hydrogens (tertiary/aromatic N) is 5. The first-order valence-corrected chi connectivity index (χ1v) is 8.67. The number of nitrogens with one attached hydrogen (secondary N) is 2. The van der Waals surface area contributed by atoms with Gasteiger partial charge in [0.1, 0.15) is 11.5 Å². The van der Waals surface area contributed by atoms with E-state index in [0.717, 1.165) is 25.8 Å². The number of hydrogen-bond acceptors (Lipinski definition) is 12. The average molecular weight is 403 g/mol. The van der Waals surface area contributed by atoms with Crippen LogP contribution in [0.4, 0.5) is 0 Å². The highest BCUT2D eigenvalue weighted by Crippen LogP contribution is 2.01. The minimum Gasteiger partial charge on any atom is -0.827 e. The number of likely N-dealkylation sites (N-methyl/N-ethyl adjacent to an activating group) is 1. The van der Waals surface area contributed by atoms with Gasteiger partial charge in [0, 0.05) is 26.5 Å². The maximum Gasteiger partial charge on any atom is 0.399 e. The molecule has 0 spiro atoms. The van der Waals surface area contributed by atoms with E-state index in [1.165, 1.54) is 0 Å². The molecule has 2 rings (SSSR count). The predicted octanol–water partition coefficient (Wildman–Crippen LogP) is -1.00. The van der Waals surface area contributed by atoms with Crippen LogP contribution in [0.25, 0.3) is 0 Å². The Morgan fingerprint density at radius 1 is 1.32 bits per heavy atom. The largest absolute Gasteiger partial charge is 0.827 e. The van der Waals surface area contributed by atoms with Crippen molar-refractivity contribution in [1.82, 2.24) is 26.1 Å². The highest BCUT2D eigenvalue weighted by atomic mass is 32.3. The minimum atomic E-state index is -3.66. The van der Waals surface area contributed by atoms with Crippen molar-refractivity contribution in [2.45, 2.75) is 27.6 Å². The summed E-state index contributed by atoms with van der Waals surface area (Å²) in [6, 6.07) is 0. The summed E-state index contributed by atoms with van der Waals surface area (Å²) in [7, 11) is 0.146. The first-order valence-electron chi connectivity index (χ1n) is 6.93. The molecule has 0 aromatic rings. The number of rotatable bonds is 4. The monoisotopic (exact) mass is 402 g/mol. The summed E-state index contributed by atoms with van der Waals surface area (Å²) in [6.45, 7) is 6.05. The van der Waals surface area contributed by atoms with Crippen molar-refractivity contribution in [3.8, 4) is 0 Å². The zero-order valence-corrected chi connectivity index (χ0v) is 15.9. The van der Waals surface area contributed by atoms with Crippen LogP contribution in [0.15, 0.2) is 10.3 Å². The lowest BCUT2D eigenvalue weighted by Crippen LogP contribution is -2.48. The second-order valence-electron chi connectivity index (χ2n) is 4.17. The summed E-state index contributed by atoms with van der Waals surface area (Å²) in [5, 5.41) is 23.1. The van der Waals surface area contributed by atoms with E-state index in [1.54, 1.807) is 22.2 Å². The third kappa shape index (κ3) is 10.7. The average Bonchev–Trinajstić information content (AvgIpc) is 3.12. The van der Waals surface area contributed by atoms with Crippen LogP contribution in [0, 0.1) is 0 Å². The van der Waals surface area contributed by atoms with Crippen molar-refractivity contribution >= 4 is 27.6 Å². The van der Waals surface area contributed by atoms with Crippen LogP contribution in [0.2, 0.25) is 0 Å². The second-order valence-corrected chi connectivity index (χ2v) is 6.12. The van der Waals surface area contributed by atoms with E-state index in [9.17, 15) is 13.5 Å². The lowest BCUT2D eigenvalue weighted by Gasteiger charge is -2.23. The molecular formula is C11H28N7O5S2-. The standard InChI is InChI=1S/C4H11N4O.C4H7N3S.C2H6O4S.CH4/c1-3-8-4(9)5-7(2)6-8;1-2-7-4(8)3-5-6-7;1-5-7(3,4)6-2;/h4-6H,3H2,1-2H3;2-3H2,1H3;1-2H3;1H4/q-1;;;. The third-order valence-electron chi connectivity index (χ3n) is 2.58. The molecule has 2 heterocycles. The fraction of sp³-hybridized carbons (Fsp3) is 0.909. The van der Waals surface area contributed by atoms with Gasteiger partial charge in [-0.2, -0.15) is 24.2 Å². The second kappa shape index (κ2) is 13.4. The van der Waals surface area contributed by atoms with Gasteiger partial charge in [-0.1, -0.05) is 31.8 Å². The molecule has 1 atom stereocenters. The van der Waals surface area contributed by atoms with Gasteiger partial charge >= 0.3 is 10.4 Å². The Morgan fingerprint density at radius 2 is 1.88 bits per heavy atom. The van der Waals surface area contributed by atoms with Gasteiger partial charge in [0.05, 0.1) is 14.2 Å². The quantitative estimate of drug-likeness (QED) is 0.561. The highest BCUT2D eigenvalue weighted by molar-refractivity contribution is 7.81. The van der Waals surface area contributed by atoms with Crippen LogP contribution >= 0.6 is 12.2 Å². The van der Waals surface area contributed by atoms with Gasteiger partial charge in [0.2, 0.25) is 0 Å². The van der Waals surface area contributed by atoms with E-state index < -0.39 is 16.8 Å². The molecule has 25 heavy (non-hydrogen) atoms. The molecule has 0 radical (unpaired) electrons. The third-order valence-corrected chi connectivity index (χ3v) is 3.74. The molecule has 0 saturated carbocycles. The SMILES string of the molecule is C.CCN1N=NCC1=S.CCN1NN(C)NC1[O-].COS(=O)(=O)OC. The molecule has 2 N–H and O–H groups in total. The van der Waals surface area contributed by atoms with Crippen LogP contribution in [-0.2, 0) is 18.8 Å². The van der Waals surface area contributed by atoms with Crippen LogP contribution in [0.3, 0.4) is 0 Å². The van der Waals surface area contributed by atoms with Crippen molar-refractivity contribution < 1.29 is 21.9 Å². The molecule has 0 aromatic carbocycles. The van der Waals surface area contributed by atoms with Crippen LogP contribution in [0.1, 0.15) is 21.3 Å². The Bertz CT molecular complexity index is 495. The molecular weight excluding hydrogens is 374 g/mol. The Labute approximate surface area is 155 Å². The lowest BCUT2D eigenvalue weighted by atomic mass is 10.6. The Morgan fingerprint density at radius 3 is 2.04 bits per heavy atom. The number of hydrazine groups is 3. The van der Waals surface area contributed by atoms with Crippen LogP contribution < -0.4 is 16.1 Å². The molecule has 0 bridgehead atoms. The Balaban J connectivity index is 0. The van der Waals surface area contributed by atoms with Gasteiger partial charge in [-0.05, 0) is 6.92 Å². The fourth-order valence-corrected chi connectivity index (χ4v) is 1.71. The van der Waals surface area contributed by atoms with Crippen molar-refractivity contribution in [3.63, 3.8) is 0 Å². The molecule has 1 saturated heterocycles. The van der Waals surface area contributed by atoms with Crippen molar-refractivity contribution in [2.24, 2.45) is 10.3 Å². The van der Waals surface area contributed by atoms with E-state index in [4.69, 9.17) is 12.2 Å². The van der Waals surface area contributed by atoms with E-state index in [1.807, 2.05) is 13.8 Å². The molecule has 1 fully saturated rings. The van der Waals surface area contributed by atoms with Crippen molar-refractivity contribution in [3.05, 3.63) is 0 Å². The number of hydrogen-bond donors (Lipinski definition) is 2. The summed E-state index contributed by atoms with van der Waals surface area (Å²) >= 11 is 4.88. The van der Waals surface area contributed by atoms with Crippen LogP contribution in [-0.4, -0.2) is 75.8 Å². The summed E-state index contributed by atoms with van der Waals surface area (Å²) in [5.41, 5.74) is 5.41. The Kier molecular flexibility index (Phi) is 14.1. The molecule has 14 heteroatoms. The first kappa shape index (κ1) is 26.4. The van der Waals surface area contributed by atoms with Gasteiger partial charge in [-0.15, -0.1) is 0 Å². The minimum absolute atomic E-state index is 0. The first-order chi connectivity index (χ1) is 11.2. The van der Waals surface area contributed by atoms with Crippen molar-refractivity contribution in [1.29, 1.82) is 0 Å². The van der Waals surface area contributed by atoms with E-state index in [0.29, 0.717) is 13.1 Å². The molecule has 0 amide bonds. The van der Waals surface area contributed by atoms with Gasteiger partial charge in [0.25, 0.3) is 0 Å². The normalized spacial score (nSPS) is 20.5. The maximum atomic E-state index is 10.8. The van der Waals surface area contributed by atoms with E-state index >= 15 is 0 Å². The zero-order chi connectivity index (χ0) is 18.8. The highest BCUT2D eigenvalue weighted by Gasteiger charge is 2.15. The molecule has 1 unspecified atom stereocenters. The topological polar surface area (TPSA) is 134 Å². The van der Waals surface area contributed by atoms with Gasteiger partial charge in [0.15, 0.2) is 0 Å². The van der Waals surface area contributed by atoms with Gasteiger partial charge in [-0.3, -0.25) is 8.37 Å². The Hall–Kier alpha value is -0.840. The molecule has 2 aliphatic heterocycles. The predicted molar refractivity (Wildman–Crippen MR) is 94.6 cm³/mol. The maximum absolute atomic E-state index is 10.8. The van der Waals surface area contributed by atoms with E-state index in [2.05, 4.69) is 29.7 Å². The summed E-state index contributed by atoms with van der Waals surface area (Å²) < 4.78 is 27.5. The molecule has 0 aromatic heterocycles. The number of thiocarbonyl (C=S) groups is 1.